The number of nitrogens with one attached hydrogen (secondary N) is 1. The second-order valence-electron chi connectivity index (χ2n) is 4.72. The molecular formula is C13H15BrN2O3. The predicted octanol–water partition coefficient (Wildman–Crippen LogP) is 1.91. The lowest BCUT2D eigenvalue weighted by molar-refractivity contribution is -0.132. The van der Waals surface area contributed by atoms with E-state index in [0.717, 1.165) is 10.0 Å². The molecule has 1 unspecified atom stereocenters. The van der Waals surface area contributed by atoms with Crippen LogP contribution in [0.25, 0.3) is 0 Å². The standard InChI is InChI=1S/C13H15BrN2O3/c1-13(8-19-2)11(17)16(12(18)15-13)7-9-4-3-5-10(14)6-9/h3-6H,7-8H2,1-2H3,(H,15,18). The van der Waals surface area contributed by atoms with Crippen molar-refractivity contribution in [1.82, 2.24) is 10.2 Å². The first-order chi connectivity index (χ1) is 8.96. The van der Waals surface area contributed by atoms with Crippen LogP contribution in [-0.4, -0.2) is 36.1 Å². The third-order valence-corrected chi connectivity index (χ3v) is 3.50. The highest BCUT2D eigenvalue weighted by molar-refractivity contribution is 9.10. The zero-order valence-electron chi connectivity index (χ0n) is 10.8. The molecular weight excluding hydrogens is 312 g/mol. The molecule has 1 N–H and O–H groups in total. The zero-order valence-corrected chi connectivity index (χ0v) is 12.4. The van der Waals surface area contributed by atoms with Crippen LogP contribution < -0.4 is 5.32 Å². The summed E-state index contributed by atoms with van der Waals surface area (Å²) in [6.45, 7) is 2.08. The molecule has 0 aromatic heterocycles. The topological polar surface area (TPSA) is 58.6 Å². The second-order valence-corrected chi connectivity index (χ2v) is 5.63. The van der Waals surface area contributed by atoms with Crippen LogP contribution >= 0.6 is 15.9 Å². The van der Waals surface area contributed by atoms with E-state index in [-0.39, 0.29) is 25.1 Å². The number of imide groups is 1. The zero-order chi connectivity index (χ0) is 14.0. The van der Waals surface area contributed by atoms with Crippen molar-refractivity contribution in [3.63, 3.8) is 0 Å². The number of carbonyl (C=O) groups excluding carboxylic acids is 2. The Morgan fingerprint density at radius 3 is 2.79 bits per heavy atom. The molecule has 102 valence electrons. The lowest BCUT2D eigenvalue weighted by Crippen LogP contribution is -2.47. The summed E-state index contributed by atoms with van der Waals surface area (Å²) in [5.41, 5.74) is -0.0859. The van der Waals surface area contributed by atoms with Gasteiger partial charge < -0.3 is 10.1 Å². The Hall–Kier alpha value is -1.40. The van der Waals surface area contributed by atoms with Crippen LogP contribution in [0.1, 0.15) is 12.5 Å². The Morgan fingerprint density at radius 1 is 1.42 bits per heavy atom. The molecule has 0 spiro atoms. The van der Waals surface area contributed by atoms with Crippen LogP contribution in [0.3, 0.4) is 0 Å². The Labute approximate surface area is 120 Å². The van der Waals surface area contributed by atoms with Crippen LogP contribution in [-0.2, 0) is 16.1 Å². The maximum atomic E-state index is 12.3. The van der Waals surface area contributed by atoms with Crippen LogP contribution in [0.15, 0.2) is 28.7 Å². The summed E-state index contributed by atoms with van der Waals surface area (Å²) in [6.07, 6.45) is 0. The fraction of sp³-hybridized carbons (Fsp3) is 0.385. The molecule has 1 fully saturated rings. The van der Waals surface area contributed by atoms with Gasteiger partial charge in [0.05, 0.1) is 13.2 Å². The largest absolute Gasteiger partial charge is 0.382 e. The fourth-order valence-electron chi connectivity index (χ4n) is 2.10. The first kappa shape index (κ1) is 14.0. The van der Waals surface area contributed by atoms with E-state index in [1.165, 1.54) is 12.0 Å². The summed E-state index contributed by atoms with van der Waals surface area (Å²) in [6, 6.07) is 7.13. The first-order valence-corrected chi connectivity index (χ1v) is 6.63. The number of carbonyl (C=O) groups is 2. The smallest absolute Gasteiger partial charge is 0.325 e. The Balaban J connectivity index is 2.17. The quantitative estimate of drug-likeness (QED) is 0.860. The van der Waals surface area contributed by atoms with E-state index >= 15 is 0 Å². The van der Waals surface area contributed by atoms with Crippen LogP contribution in [0.2, 0.25) is 0 Å². The molecule has 0 bridgehead atoms. The van der Waals surface area contributed by atoms with Crippen molar-refractivity contribution in [2.45, 2.75) is 19.0 Å². The van der Waals surface area contributed by atoms with E-state index in [2.05, 4.69) is 21.2 Å². The number of hydrogen-bond donors (Lipinski definition) is 1. The van der Waals surface area contributed by atoms with Gasteiger partial charge in [-0.1, -0.05) is 28.1 Å². The van der Waals surface area contributed by atoms with Gasteiger partial charge in [0.15, 0.2) is 0 Å². The molecule has 1 aromatic rings. The van der Waals surface area contributed by atoms with Gasteiger partial charge in [-0.15, -0.1) is 0 Å². The van der Waals surface area contributed by atoms with Crippen molar-refractivity contribution in [2.75, 3.05) is 13.7 Å². The molecule has 0 radical (unpaired) electrons. The molecule has 1 aliphatic heterocycles. The van der Waals surface area contributed by atoms with Gasteiger partial charge in [0, 0.05) is 11.6 Å². The average Bonchev–Trinajstić information content (AvgIpc) is 2.54. The number of amides is 3. The van der Waals surface area contributed by atoms with Crippen LogP contribution in [0.5, 0.6) is 0 Å². The van der Waals surface area contributed by atoms with Crippen molar-refractivity contribution >= 4 is 27.9 Å². The van der Waals surface area contributed by atoms with Gasteiger partial charge in [0.25, 0.3) is 5.91 Å². The third-order valence-electron chi connectivity index (χ3n) is 3.01. The third kappa shape index (κ3) is 2.79. The number of ether oxygens (including phenoxy) is 1. The molecule has 1 aliphatic rings. The van der Waals surface area contributed by atoms with Gasteiger partial charge in [-0.2, -0.15) is 0 Å². The Bertz CT molecular complexity index is 520. The van der Waals surface area contributed by atoms with Crippen LogP contribution in [0.4, 0.5) is 4.79 Å². The van der Waals surface area contributed by atoms with E-state index in [1.807, 2.05) is 24.3 Å². The van der Waals surface area contributed by atoms with E-state index in [4.69, 9.17) is 4.74 Å². The molecule has 0 aliphatic carbocycles. The first-order valence-electron chi connectivity index (χ1n) is 5.84. The molecule has 5 nitrogen and oxygen atoms in total. The van der Waals surface area contributed by atoms with Crippen molar-refractivity contribution in [2.24, 2.45) is 0 Å². The number of methoxy groups -OCH3 is 1. The molecule has 1 atom stereocenters. The molecule has 1 saturated heterocycles. The van der Waals surface area contributed by atoms with Crippen molar-refractivity contribution < 1.29 is 14.3 Å². The number of nitrogens with zero attached hydrogens (tertiary/aromatic N) is 1. The molecule has 6 heteroatoms. The highest BCUT2D eigenvalue weighted by atomic mass is 79.9. The highest BCUT2D eigenvalue weighted by Gasteiger charge is 2.47. The summed E-state index contributed by atoms with van der Waals surface area (Å²) in [4.78, 5) is 25.4. The van der Waals surface area contributed by atoms with E-state index in [0.29, 0.717) is 0 Å². The van der Waals surface area contributed by atoms with Gasteiger partial charge in [-0.25, -0.2) is 4.79 Å². The highest BCUT2D eigenvalue weighted by Crippen LogP contribution is 2.21. The number of urea groups is 1. The summed E-state index contributed by atoms with van der Waals surface area (Å²) < 4.78 is 5.91. The predicted molar refractivity (Wildman–Crippen MR) is 73.5 cm³/mol. The summed E-state index contributed by atoms with van der Waals surface area (Å²) in [5.74, 6) is -0.265. The van der Waals surface area contributed by atoms with E-state index in [9.17, 15) is 9.59 Å². The average molecular weight is 327 g/mol. The van der Waals surface area contributed by atoms with E-state index < -0.39 is 5.54 Å². The van der Waals surface area contributed by atoms with Gasteiger partial charge in [0.1, 0.15) is 5.54 Å². The number of benzene rings is 1. The van der Waals surface area contributed by atoms with Crippen molar-refractivity contribution in [1.29, 1.82) is 0 Å². The fourth-order valence-corrected chi connectivity index (χ4v) is 2.54. The molecule has 0 saturated carbocycles. The Kier molecular flexibility index (Phi) is 3.91. The minimum absolute atomic E-state index is 0.159. The molecule has 19 heavy (non-hydrogen) atoms. The lowest BCUT2D eigenvalue weighted by Gasteiger charge is -2.20. The monoisotopic (exact) mass is 326 g/mol. The summed E-state index contributed by atoms with van der Waals surface area (Å²) in [7, 11) is 1.50. The van der Waals surface area contributed by atoms with Crippen molar-refractivity contribution in [3.05, 3.63) is 34.3 Å². The molecule has 3 amide bonds. The molecule has 2 rings (SSSR count). The summed E-state index contributed by atoms with van der Waals surface area (Å²) >= 11 is 3.37. The molecule has 1 heterocycles. The number of hydrogen-bond acceptors (Lipinski definition) is 3. The SMILES string of the molecule is COCC1(C)NC(=O)N(Cc2cccc(Br)c2)C1=O. The summed E-state index contributed by atoms with van der Waals surface area (Å²) in [5, 5.41) is 2.67. The number of rotatable bonds is 4. The minimum Gasteiger partial charge on any atom is -0.382 e. The van der Waals surface area contributed by atoms with Crippen molar-refractivity contribution in [3.8, 4) is 0 Å². The Morgan fingerprint density at radius 2 is 2.16 bits per heavy atom. The maximum absolute atomic E-state index is 12.3. The molecule has 1 aromatic carbocycles. The minimum atomic E-state index is -0.974. The second kappa shape index (κ2) is 5.30. The van der Waals surface area contributed by atoms with Gasteiger partial charge in [0.2, 0.25) is 0 Å². The van der Waals surface area contributed by atoms with Crippen LogP contribution in [0, 0.1) is 0 Å². The number of halogens is 1. The lowest BCUT2D eigenvalue weighted by atomic mass is 10.0. The van der Waals surface area contributed by atoms with E-state index in [1.54, 1.807) is 6.92 Å². The normalized spacial score (nSPS) is 22.8. The maximum Gasteiger partial charge on any atom is 0.325 e. The van der Waals surface area contributed by atoms with Gasteiger partial charge >= 0.3 is 6.03 Å². The van der Waals surface area contributed by atoms with Gasteiger partial charge in [-0.3, -0.25) is 9.69 Å². The van der Waals surface area contributed by atoms with Gasteiger partial charge in [-0.05, 0) is 24.6 Å².